The van der Waals surface area contributed by atoms with E-state index in [1.165, 1.54) is 11.8 Å². The molecular weight excluding hydrogens is 331 g/mol. The van der Waals surface area contributed by atoms with Crippen LogP contribution in [0.5, 0.6) is 0 Å². The van der Waals surface area contributed by atoms with E-state index >= 15 is 0 Å². The Morgan fingerprint density at radius 3 is 2.48 bits per heavy atom. The fourth-order valence-electron chi connectivity index (χ4n) is 1.44. The van der Waals surface area contributed by atoms with Gasteiger partial charge in [-0.15, -0.1) is 0 Å². The molecule has 0 aliphatic carbocycles. The first-order chi connectivity index (χ1) is 9.70. The van der Waals surface area contributed by atoms with Crippen LogP contribution in [0.15, 0.2) is 17.0 Å². The summed E-state index contributed by atoms with van der Waals surface area (Å²) < 4.78 is 64.8. The van der Waals surface area contributed by atoms with Gasteiger partial charge in [0.05, 0.1) is 0 Å². The van der Waals surface area contributed by atoms with E-state index in [0.717, 1.165) is 0 Å². The number of nitrogens with one attached hydrogen (secondary N) is 1. The topological polar surface area (TPSA) is 83.5 Å². The van der Waals surface area contributed by atoms with Gasteiger partial charge >= 0.3 is 5.97 Å². The van der Waals surface area contributed by atoms with Crippen molar-refractivity contribution in [2.45, 2.75) is 17.4 Å². The Labute approximate surface area is 123 Å². The molecule has 10 heteroatoms. The summed E-state index contributed by atoms with van der Waals surface area (Å²) in [6.45, 7) is 0. The predicted molar refractivity (Wildman–Crippen MR) is 71.1 cm³/mol. The summed E-state index contributed by atoms with van der Waals surface area (Å²) in [7, 11) is -4.63. The number of benzene rings is 1. The number of halogens is 3. The molecular formula is C11H12F3NO4S2. The van der Waals surface area contributed by atoms with Crippen molar-refractivity contribution in [2.24, 2.45) is 0 Å². The lowest BCUT2D eigenvalue weighted by atomic mass is 10.2. The van der Waals surface area contributed by atoms with Gasteiger partial charge < -0.3 is 5.11 Å². The van der Waals surface area contributed by atoms with E-state index in [1.54, 1.807) is 11.0 Å². The number of carboxylic acids is 1. The van der Waals surface area contributed by atoms with Gasteiger partial charge in [0.2, 0.25) is 10.0 Å². The standard InChI is InChI=1S/C11H12F3NO4S2/c1-20-5-4-7(11(16)17)15-21(18,19)8-3-2-6(12)9(13)10(8)14/h2-3,7,15H,4-5H2,1H3,(H,16,17)/t7-/m0/s1. The SMILES string of the molecule is CSCC[C@H](NS(=O)(=O)c1ccc(F)c(F)c1F)C(=O)O. The summed E-state index contributed by atoms with van der Waals surface area (Å²) in [6, 6.07) is -0.510. The van der Waals surface area contributed by atoms with Crippen LogP contribution < -0.4 is 4.72 Å². The Kier molecular flexibility index (Phi) is 6.05. The smallest absolute Gasteiger partial charge is 0.321 e. The molecule has 0 aliphatic rings. The van der Waals surface area contributed by atoms with E-state index in [-0.39, 0.29) is 6.42 Å². The number of carboxylic acid groups (broad SMARTS) is 1. The molecule has 0 aliphatic heterocycles. The summed E-state index contributed by atoms with van der Waals surface area (Å²) in [5.41, 5.74) is 0. The average Bonchev–Trinajstić information content (AvgIpc) is 2.40. The van der Waals surface area contributed by atoms with Crippen LogP contribution in [0.4, 0.5) is 13.2 Å². The highest BCUT2D eigenvalue weighted by molar-refractivity contribution is 7.98. The maximum absolute atomic E-state index is 13.5. The van der Waals surface area contributed by atoms with Crippen LogP contribution in [0.2, 0.25) is 0 Å². The van der Waals surface area contributed by atoms with Crippen LogP contribution in [0, 0.1) is 17.5 Å². The van der Waals surface area contributed by atoms with Crippen LogP contribution in [0.25, 0.3) is 0 Å². The molecule has 5 nitrogen and oxygen atoms in total. The summed E-state index contributed by atoms with van der Waals surface area (Å²) in [5.74, 6) is -6.47. The molecule has 1 aromatic carbocycles. The molecule has 118 valence electrons. The minimum absolute atomic E-state index is 0.0406. The first-order valence-corrected chi connectivity index (χ1v) is 8.46. The van der Waals surface area contributed by atoms with Crippen LogP contribution in [0.1, 0.15) is 6.42 Å². The Hall–Kier alpha value is -1.26. The molecule has 2 N–H and O–H groups in total. The maximum Gasteiger partial charge on any atom is 0.321 e. The van der Waals surface area contributed by atoms with Crippen molar-refractivity contribution >= 4 is 27.8 Å². The minimum atomic E-state index is -4.63. The molecule has 0 radical (unpaired) electrons. The second-order valence-corrected chi connectivity index (χ2v) is 6.64. The van der Waals surface area contributed by atoms with Gasteiger partial charge in [-0.2, -0.15) is 16.5 Å². The van der Waals surface area contributed by atoms with Gasteiger partial charge in [-0.1, -0.05) is 0 Å². The zero-order valence-corrected chi connectivity index (χ0v) is 12.4. The van der Waals surface area contributed by atoms with Crippen molar-refractivity contribution in [3.05, 3.63) is 29.6 Å². The lowest BCUT2D eigenvalue weighted by molar-refractivity contribution is -0.139. The number of aliphatic carboxylic acids is 1. The first-order valence-electron chi connectivity index (χ1n) is 5.58. The molecule has 0 heterocycles. The highest BCUT2D eigenvalue weighted by Crippen LogP contribution is 2.20. The molecule has 1 aromatic rings. The largest absolute Gasteiger partial charge is 0.480 e. The lowest BCUT2D eigenvalue weighted by Crippen LogP contribution is -2.41. The highest BCUT2D eigenvalue weighted by Gasteiger charge is 2.29. The van der Waals surface area contributed by atoms with Crippen LogP contribution >= 0.6 is 11.8 Å². The Bertz CT molecular complexity index is 637. The summed E-state index contributed by atoms with van der Waals surface area (Å²) in [4.78, 5) is 9.81. The number of rotatable bonds is 7. The molecule has 1 rings (SSSR count). The minimum Gasteiger partial charge on any atom is -0.480 e. The fraction of sp³-hybridized carbons (Fsp3) is 0.364. The van der Waals surface area contributed by atoms with E-state index < -0.39 is 44.4 Å². The monoisotopic (exact) mass is 343 g/mol. The third-order valence-corrected chi connectivity index (χ3v) is 4.63. The van der Waals surface area contributed by atoms with Crippen LogP contribution in [-0.4, -0.2) is 37.5 Å². The first kappa shape index (κ1) is 17.8. The summed E-state index contributed by atoms with van der Waals surface area (Å²) in [5, 5.41) is 8.91. The van der Waals surface area contributed by atoms with Gasteiger partial charge in [0.25, 0.3) is 0 Å². The van der Waals surface area contributed by atoms with Crippen molar-refractivity contribution < 1.29 is 31.5 Å². The number of thioether (sulfide) groups is 1. The van der Waals surface area contributed by atoms with Crippen molar-refractivity contribution in [3.8, 4) is 0 Å². The van der Waals surface area contributed by atoms with Crippen molar-refractivity contribution in [2.75, 3.05) is 12.0 Å². The van der Waals surface area contributed by atoms with E-state index in [9.17, 15) is 26.4 Å². The summed E-state index contributed by atoms with van der Waals surface area (Å²) in [6.07, 6.45) is 1.66. The molecule has 0 amide bonds. The van der Waals surface area contributed by atoms with Gasteiger partial charge in [0, 0.05) is 0 Å². The van der Waals surface area contributed by atoms with Crippen molar-refractivity contribution in [1.29, 1.82) is 0 Å². The number of carbonyl (C=O) groups is 1. The molecule has 1 atom stereocenters. The Morgan fingerprint density at radius 2 is 1.95 bits per heavy atom. The third kappa shape index (κ3) is 4.35. The zero-order valence-electron chi connectivity index (χ0n) is 10.8. The molecule has 0 aromatic heterocycles. The Balaban J connectivity index is 3.11. The van der Waals surface area contributed by atoms with Crippen LogP contribution in [0.3, 0.4) is 0 Å². The van der Waals surface area contributed by atoms with Gasteiger partial charge in [-0.3, -0.25) is 4.79 Å². The molecule has 0 spiro atoms. The molecule has 21 heavy (non-hydrogen) atoms. The van der Waals surface area contributed by atoms with Gasteiger partial charge in [-0.25, -0.2) is 21.6 Å². The molecule has 0 saturated heterocycles. The van der Waals surface area contributed by atoms with Crippen LogP contribution in [-0.2, 0) is 14.8 Å². The van der Waals surface area contributed by atoms with Crippen molar-refractivity contribution in [3.63, 3.8) is 0 Å². The second kappa shape index (κ2) is 7.14. The average molecular weight is 343 g/mol. The Morgan fingerprint density at radius 1 is 1.33 bits per heavy atom. The normalized spacial score (nSPS) is 13.1. The van der Waals surface area contributed by atoms with Crippen molar-refractivity contribution in [1.82, 2.24) is 4.72 Å². The molecule has 0 bridgehead atoms. The second-order valence-electron chi connectivity index (χ2n) is 3.97. The van der Waals surface area contributed by atoms with E-state index in [2.05, 4.69) is 0 Å². The van der Waals surface area contributed by atoms with E-state index in [0.29, 0.717) is 17.9 Å². The third-order valence-electron chi connectivity index (χ3n) is 2.50. The van der Waals surface area contributed by atoms with E-state index in [4.69, 9.17) is 5.11 Å². The fourth-order valence-corrected chi connectivity index (χ4v) is 3.20. The highest BCUT2D eigenvalue weighted by atomic mass is 32.2. The van der Waals surface area contributed by atoms with Gasteiger partial charge in [0.15, 0.2) is 17.5 Å². The molecule has 0 saturated carbocycles. The molecule has 0 unspecified atom stereocenters. The van der Waals surface area contributed by atoms with Gasteiger partial charge in [0.1, 0.15) is 10.9 Å². The number of sulfonamides is 1. The maximum atomic E-state index is 13.5. The summed E-state index contributed by atoms with van der Waals surface area (Å²) >= 11 is 1.29. The van der Waals surface area contributed by atoms with Gasteiger partial charge in [-0.05, 0) is 30.6 Å². The molecule has 0 fully saturated rings. The number of hydrogen-bond acceptors (Lipinski definition) is 4. The quantitative estimate of drug-likeness (QED) is 0.735. The van der Waals surface area contributed by atoms with E-state index in [1.807, 2.05) is 0 Å². The predicted octanol–water partition coefficient (Wildman–Crippen LogP) is 1.59. The number of hydrogen-bond donors (Lipinski definition) is 2. The zero-order chi connectivity index (χ0) is 16.2. The lowest BCUT2D eigenvalue weighted by Gasteiger charge is -2.14.